The van der Waals surface area contributed by atoms with E-state index in [0.717, 1.165) is 12.1 Å². The van der Waals surface area contributed by atoms with Crippen LogP contribution in [0.25, 0.3) is 10.8 Å². The molecule has 0 radical (unpaired) electrons. The lowest BCUT2D eigenvalue weighted by molar-refractivity contribution is -0.114. The minimum Gasteiger partial charge on any atom is -0.324 e. The van der Waals surface area contributed by atoms with E-state index in [1.54, 1.807) is 0 Å². The standard InChI is InChI=1S/C21H15Cl2N7O7S2/c1-10(31)24-16-9-11(25-21-27-19(22)26-20(23)28-21)5-7-14(16)29-30-15-8-6-12-13(18(15)39(35,36)37)3-2-4-17(12)38(32,33)34/h2-9H,1H3,(H,24,31)(H,32,33,34)(H,35,36,37)(H,25,26,27,28)/b30-29+. The molecule has 1 aromatic heterocycles. The summed E-state index contributed by atoms with van der Waals surface area (Å²) in [5, 5.41) is 12.6. The third-order valence-electron chi connectivity index (χ3n) is 4.90. The molecule has 39 heavy (non-hydrogen) atoms. The molecule has 4 aromatic rings. The van der Waals surface area contributed by atoms with Crippen molar-refractivity contribution in [1.29, 1.82) is 0 Å². The summed E-state index contributed by atoms with van der Waals surface area (Å²) < 4.78 is 67.4. The summed E-state index contributed by atoms with van der Waals surface area (Å²) in [6.07, 6.45) is 0. The second-order valence-electron chi connectivity index (χ2n) is 7.65. The summed E-state index contributed by atoms with van der Waals surface area (Å²) in [6.45, 7) is 1.25. The Balaban J connectivity index is 1.80. The Labute approximate surface area is 230 Å². The molecule has 0 aliphatic rings. The van der Waals surface area contributed by atoms with Crippen molar-refractivity contribution in [1.82, 2.24) is 15.0 Å². The molecule has 0 saturated carbocycles. The van der Waals surface area contributed by atoms with Crippen LogP contribution in [0.3, 0.4) is 0 Å². The number of anilines is 3. The number of nitrogens with one attached hydrogen (secondary N) is 2. The molecule has 0 atom stereocenters. The first-order valence-corrected chi connectivity index (χ1v) is 14.0. The van der Waals surface area contributed by atoms with E-state index in [9.17, 15) is 30.7 Å². The second kappa shape index (κ2) is 10.8. The van der Waals surface area contributed by atoms with E-state index < -0.39 is 35.9 Å². The van der Waals surface area contributed by atoms with Crippen molar-refractivity contribution in [3.05, 3.63) is 59.1 Å². The summed E-state index contributed by atoms with van der Waals surface area (Å²) in [4.78, 5) is 21.9. The van der Waals surface area contributed by atoms with Gasteiger partial charge in [-0.3, -0.25) is 13.9 Å². The first-order chi connectivity index (χ1) is 18.2. The lowest BCUT2D eigenvalue weighted by Crippen LogP contribution is -2.06. The first kappa shape index (κ1) is 28.2. The van der Waals surface area contributed by atoms with Gasteiger partial charge in [-0.1, -0.05) is 18.2 Å². The van der Waals surface area contributed by atoms with Gasteiger partial charge in [-0.05, 0) is 53.5 Å². The molecule has 0 aliphatic carbocycles. The molecule has 14 nitrogen and oxygen atoms in total. The van der Waals surface area contributed by atoms with Crippen LogP contribution in [0.5, 0.6) is 0 Å². The van der Waals surface area contributed by atoms with Gasteiger partial charge in [-0.25, -0.2) is 0 Å². The van der Waals surface area contributed by atoms with Crippen LogP contribution >= 0.6 is 23.2 Å². The van der Waals surface area contributed by atoms with Crippen molar-refractivity contribution in [2.75, 3.05) is 10.6 Å². The van der Waals surface area contributed by atoms with E-state index in [0.29, 0.717) is 5.69 Å². The van der Waals surface area contributed by atoms with E-state index >= 15 is 0 Å². The van der Waals surface area contributed by atoms with Crippen molar-refractivity contribution in [3.8, 4) is 0 Å². The highest BCUT2D eigenvalue weighted by molar-refractivity contribution is 7.86. The summed E-state index contributed by atoms with van der Waals surface area (Å²) in [5.41, 5.74) is 0.252. The van der Waals surface area contributed by atoms with Crippen molar-refractivity contribution in [3.63, 3.8) is 0 Å². The van der Waals surface area contributed by atoms with E-state index in [1.165, 1.54) is 43.3 Å². The topological polar surface area (TPSA) is 213 Å². The molecule has 4 rings (SSSR count). The van der Waals surface area contributed by atoms with Gasteiger partial charge in [-0.2, -0.15) is 31.8 Å². The SMILES string of the molecule is CC(=O)Nc1cc(Nc2nc(Cl)nc(Cl)n2)ccc1/N=N/c1ccc2c(S(=O)(=O)O)cccc2c1S(=O)(=O)O. The van der Waals surface area contributed by atoms with Gasteiger partial charge in [-0.15, -0.1) is 10.2 Å². The molecule has 0 unspecified atom stereocenters. The Morgan fingerprint density at radius 3 is 2.10 bits per heavy atom. The van der Waals surface area contributed by atoms with Crippen LogP contribution < -0.4 is 10.6 Å². The van der Waals surface area contributed by atoms with Gasteiger partial charge in [0.1, 0.15) is 21.2 Å². The monoisotopic (exact) mass is 611 g/mol. The van der Waals surface area contributed by atoms with Gasteiger partial charge >= 0.3 is 0 Å². The van der Waals surface area contributed by atoms with Gasteiger partial charge < -0.3 is 10.6 Å². The average Bonchev–Trinajstić information content (AvgIpc) is 2.80. The number of hydrogen-bond acceptors (Lipinski definition) is 11. The zero-order valence-electron chi connectivity index (χ0n) is 19.4. The molecule has 3 aromatic carbocycles. The molecule has 1 amide bonds. The lowest BCUT2D eigenvalue weighted by Gasteiger charge is -2.11. The van der Waals surface area contributed by atoms with Crippen LogP contribution in [0.4, 0.5) is 28.7 Å². The Kier molecular flexibility index (Phi) is 7.78. The Bertz CT molecular complexity index is 1870. The molecule has 0 saturated heterocycles. The fourth-order valence-electron chi connectivity index (χ4n) is 3.47. The zero-order valence-corrected chi connectivity index (χ0v) is 22.5. The molecule has 0 fully saturated rings. The predicted molar refractivity (Wildman–Crippen MR) is 142 cm³/mol. The Morgan fingerprint density at radius 1 is 0.846 bits per heavy atom. The van der Waals surface area contributed by atoms with E-state index in [-0.39, 0.29) is 44.4 Å². The van der Waals surface area contributed by atoms with Gasteiger partial charge in [0.05, 0.1) is 5.69 Å². The largest absolute Gasteiger partial charge is 0.324 e. The van der Waals surface area contributed by atoms with E-state index in [2.05, 4.69) is 35.8 Å². The smallest absolute Gasteiger partial charge is 0.297 e. The van der Waals surface area contributed by atoms with Crippen LogP contribution in [0.2, 0.25) is 10.6 Å². The van der Waals surface area contributed by atoms with Crippen LogP contribution in [-0.2, 0) is 25.0 Å². The number of amides is 1. The van der Waals surface area contributed by atoms with Gasteiger partial charge in [0.2, 0.25) is 22.4 Å². The summed E-state index contributed by atoms with van der Waals surface area (Å²) in [5.74, 6) is -0.446. The maximum atomic E-state index is 12.3. The highest BCUT2D eigenvalue weighted by atomic mass is 35.5. The molecular weight excluding hydrogens is 597 g/mol. The Morgan fingerprint density at radius 2 is 1.49 bits per heavy atom. The molecule has 0 spiro atoms. The van der Waals surface area contributed by atoms with Gasteiger partial charge in [0.25, 0.3) is 20.2 Å². The maximum Gasteiger partial charge on any atom is 0.297 e. The summed E-state index contributed by atoms with van der Waals surface area (Å²) in [7, 11) is -9.67. The molecule has 202 valence electrons. The number of fused-ring (bicyclic) bond motifs is 1. The number of rotatable bonds is 7. The first-order valence-electron chi connectivity index (χ1n) is 10.4. The predicted octanol–water partition coefficient (Wildman–Crippen LogP) is 4.94. The van der Waals surface area contributed by atoms with Crippen LogP contribution in [-0.4, -0.2) is 46.8 Å². The van der Waals surface area contributed by atoms with E-state index in [1.807, 2.05) is 0 Å². The third kappa shape index (κ3) is 6.62. The molecule has 0 aliphatic heterocycles. The van der Waals surface area contributed by atoms with Crippen LogP contribution in [0.1, 0.15) is 6.92 Å². The Hall–Kier alpha value is -3.80. The minimum atomic E-state index is -4.95. The van der Waals surface area contributed by atoms with Crippen LogP contribution in [0.15, 0.2) is 68.6 Å². The van der Waals surface area contributed by atoms with Crippen LogP contribution in [0, 0.1) is 0 Å². The normalized spacial score (nSPS) is 12.1. The number of azo groups is 1. The second-order valence-corrected chi connectivity index (χ2v) is 11.1. The number of aromatic nitrogens is 3. The van der Waals surface area contributed by atoms with Crippen molar-refractivity contribution in [2.24, 2.45) is 10.2 Å². The zero-order chi connectivity index (χ0) is 28.5. The lowest BCUT2D eigenvalue weighted by atomic mass is 10.1. The highest BCUT2D eigenvalue weighted by Crippen LogP contribution is 2.37. The molecule has 1 heterocycles. The fourth-order valence-corrected chi connectivity index (χ4v) is 5.37. The number of benzene rings is 3. The number of hydrogen-bond donors (Lipinski definition) is 4. The number of carbonyl (C=O) groups is 1. The number of carbonyl (C=O) groups excluding carboxylic acids is 1. The van der Waals surface area contributed by atoms with Crippen molar-refractivity contribution >= 4 is 88.8 Å². The quantitative estimate of drug-likeness (QED) is 0.162. The maximum absolute atomic E-state index is 12.3. The molecular formula is C21H15Cl2N7O7S2. The highest BCUT2D eigenvalue weighted by Gasteiger charge is 2.23. The number of nitrogens with zero attached hydrogens (tertiary/aromatic N) is 5. The van der Waals surface area contributed by atoms with Crippen molar-refractivity contribution in [2.45, 2.75) is 16.7 Å². The van der Waals surface area contributed by atoms with Gasteiger partial charge in [0.15, 0.2) is 0 Å². The summed E-state index contributed by atoms with van der Waals surface area (Å²) >= 11 is 11.6. The van der Waals surface area contributed by atoms with E-state index in [4.69, 9.17) is 23.2 Å². The molecule has 18 heteroatoms. The number of halogens is 2. The van der Waals surface area contributed by atoms with Gasteiger partial charge in [0, 0.05) is 23.4 Å². The summed E-state index contributed by atoms with van der Waals surface area (Å²) in [6, 6.07) is 10.2. The molecule has 4 N–H and O–H groups in total. The minimum absolute atomic E-state index is 0.0152. The van der Waals surface area contributed by atoms with Crippen molar-refractivity contribution < 1.29 is 30.7 Å². The average molecular weight is 612 g/mol. The molecule has 0 bridgehead atoms. The fraction of sp³-hybridized carbons (Fsp3) is 0.0476. The third-order valence-corrected chi connectivity index (χ3v) is 7.09.